The Labute approximate surface area is 175 Å². The summed E-state index contributed by atoms with van der Waals surface area (Å²) in [6, 6.07) is 10.5. The molecule has 1 saturated carbocycles. The van der Waals surface area contributed by atoms with E-state index in [1.807, 2.05) is 12.1 Å². The number of ether oxygens (including phenoxy) is 1. The minimum absolute atomic E-state index is 0.00343. The number of anilines is 1. The van der Waals surface area contributed by atoms with E-state index in [-0.39, 0.29) is 45.5 Å². The van der Waals surface area contributed by atoms with Crippen LogP contribution in [-0.2, 0) is 0 Å². The Morgan fingerprint density at radius 1 is 1.17 bits per heavy atom. The van der Waals surface area contributed by atoms with E-state index in [2.05, 4.69) is 4.98 Å². The van der Waals surface area contributed by atoms with Crippen molar-refractivity contribution in [3.05, 3.63) is 35.4 Å². The van der Waals surface area contributed by atoms with Crippen molar-refractivity contribution < 1.29 is 23.0 Å². The summed E-state index contributed by atoms with van der Waals surface area (Å²) in [7, 11) is 0. The first-order valence-corrected chi connectivity index (χ1v) is 9.98. The third-order valence-corrected chi connectivity index (χ3v) is 5.53. The minimum atomic E-state index is -4.33. The Kier molecular flexibility index (Phi) is 6.40. The third kappa shape index (κ3) is 4.96. The first-order valence-electron chi connectivity index (χ1n) is 9.00. The maximum Gasteiger partial charge on any atom is 0.389 e. The summed E-state index contributed by atoms with van der Waals surface area (Å²) < 4.78 is 43.1. The number of aliphatic hydroxyl groups is 1. The molecular weight excluding hydrogens is 417 g/mol. The largest absolute Gasteiger partial charge is 0.490 e. The molecule has 1 aromatic heterocycles. The van der Waals surface area contributed by atoms with Gasteiger partial charge in [0, 0.05) is 24.2 Å². The summed E-state index contributed by atoms with van der Waals surface area (Å²) in [5, 5.41) is 28.5. The van der Waals surface area contributed by atoms with E-state index in [0.717, 1.165) is 11.8 Å². The Bertz CT molecular complexity index is 1010. The van der Waals surface area contributed by atoms with Crippen LogP contribution in [0.2, 0.25) is 0 Å². The zero-order chi connectivity index (χ0) is 21.9. The van der Waals surface area contributed by atoms with Gasteiger partial charge in [-0.25, -0.2) is 4.98 Å². The average Bonchev–Trinajstić information content (AvgIpc) is 2.66. The molecule has 1 fully saturated rings. The minimum Gasteiger partial charge on any atom is -0.490 e. The molecule has 0 unspecified atom stereocenters. The lowest BCUT2D eigenvalue weighted by Crippen LogP contribution is -2.37. The van der Waals surface area contributed by atoms with Crippen molar-refractivity contribution in [1.29, 1.82) is 10.5 Å². The maximum absolute atomic E-state index is 12.5. The molecule has 0 amide bonds. The molecule has 1 aromatic carbocycles. The van der Waals surface area contributed by atoms with Gasteiger partial charge in [-0.2, -0.15) is 23.7 Å². The zero-order valence-electron chi connectivity index (χ0n) is 15.6. The van der Waals surface area contributed by atoms with Crippen molar-refractivity contribution in [3.63, 3.8) is 0 Å². The standard InChI is InChI=1S/C20H17F3N4O2S/c21-20(22,23)5-6-30-19-16(10-25)17(15(9-24)18(26)27-19)11-1-3-13(4-2-11)29-14-7-12(28)8-14/h1-4,12,14,28H,5-8H2,(H2,26,27). The first-order chi connectivity index (χ1) is 14.2. The third-order valence-electron chi connectivity index (χ3n) is 4.56. The lowest BCUT2D eigenvalue weighted by Gasteiger charge is -2.31. The fourth-order valence-electron chi connectivity index (χ4n) is 2.98. The summed E-state index contributed by atoms with van der Waals surface area (Å²) in [4.78, 5) is 3.98. The van der Waals surface area contributed by atoms with Crippen LogP contribution in [0.3, 0.4) is 0 Å². The number of nitrogens with two attached hydrogens (primary N) is 1. The number of alkyl halides is 3. The number of aliphatic hydroxyl groups excluding tert-OH is 1. The number of pyridine rings is 1. The van der Waals surface area contributed by atoms with Crippen LogP contribution in [0.4, 0.5) is 19.0 Å². The molecule has 1 aliphatic carbocycles. The van der Waals surface area contributed by atoms with Gasteiger partial charge in [-0.05, 0) is 17.7 Å². The van der Waals surface area contributed by atoms with E-state index in [1.54, 1.807) is 24.3 Å². The smallest absolute Gasteiger partial charge is 0.389 e. The molecule has 1 aliphatic rings. The van der Waals surface area contributed by atoms with Gasteiger partial charge < -0.3 is 15.6 Å². The SMILES string of the molecule is N#Cc1c(N)nc(SCCC(F)(F)F)c(C#N)c1-c1ccc(OC2CC(O)C2)cc1. The molecule has 3 N–H and O–H groups in total. The van der Waals surface area contributed by atoms with Crippen LogP contribution in [0, 0.1) is 22.7 Å². The molecule has 0 atom stereocenters. The Morgan fingerprint density at radius 2 is 1.80 bits per heavy atom. The van der Waals surface area contributed by atoms with E-state index in [9.17, 15) is 28.8 Å². The van der Waals surface area contributed by atoms with Gasteiger partial charge in [0.2, 0.25) is 0 Å². The molecule has 1 heterocycles. The van der Waals surface area contributed by atoms with Crippen LogP contribution >= 0.6 is 11.8 Å². The second-order valence-corrected chi connectivity index (χ2v) is 7.84. The fourth-order valence-corrected chi connectivity index (χ4v) is 3.96. The summed E-state index contributed by atoms with van der Waals surface area (Å²) in [6.45, 7) is 0. The lowest BCUT2D eigenvalue weighted by atomic mass is 9.92. The summed E-state index contributed by atoms with van der Waals surface area (Å²) in [6.07, 6.45) is -4.67. The van der Waals surface area contributed by atoms with E-state index >= 15 is 0 Å². The van der Waals surface area contributed by atoms with Crippen LogP contribution in [-0.4, -0.2) is 34.2 Å². The molecule has 0 bridgehead atoms. The molecular formula is C20H17F3N4O2S. The number of rotatable bonds is 6. The van der Waals surface area contributed by atoms with Crippen molar-refractivity contribution >= 4 is 17.6 Å². The first kappa shape index (κ1) is 21.8. The predicted molar refractivity (Wildman–Crippen MR) is 105 cm³/mol. The monoisotopic (exact) mass is 434 g/mol. The lowest BCUT2D eigenvalue weighted by molar-refractivity contribution is -0.129. The maximum atomic E-state index is 12.5. The molecule has 0 spiro atoms. The molecule has 3 rings (SSSR count). The highest BCUT2D eigenvalue weighted by molar-refractivity contribution is 7.99. The predicted octanol–water partition coefficient (Wildman–Crippen LogP) is 4.02. The number of aromatic nitrogens is 1. The van der Waals surface area contributed by atoms with Gasteiger partial charge in [0.05, 0.1) is 18.1 Å². The molecule has 10 heteroatoms. The summed E-state index contributed by atoms with van der Waals surface area (Å²) >= 11 is 0.772. The summed E-state index contributed by atoms with van der Waals surface area (Å²) in [5.41, 5.74) is 6.58. The van der Waals surface area contributed by atoms with Gasteiger partial charge in [0.25, 0.3) is 0 Å². The van der Waals surface area contributed by atoms with Crippen LogP contribution in [0.5, 0.6) is 5.75 Å². The number of thioether (sulfide) groups is 1. The van der Waals surface area contributed by atoms with Crippen LogP contribution in [0.1, 0.15) is 30.4 Å². The molecule has 0 radical (unpaired) electrons. The van der Waals surface area contributed by atoms with Crippen LogP contribution in [0.25, 0.3) is 11.1 Å². The van der Waals surface area contributed by atoms with Gasteiger partial charge in [-0.15, -0.1) is 11.8 Å². The van der Waals surface area contributed by atoms with Crippen molar-refractivity contribution in [1.82, 2.24) is 4.98 Å². The van der Waals surface area contributed by atoms with Gasteiger partial charge in [0.1, 0.15) is 40.4 Å². The van der Waals surface area contributed by atoms with Crippen molar-refractivity contribution in [2.45, 2.75) is 42.7 Å². The quantitative estimate of drug-likeness (QED) is 0.660. The van der Waals surface area contributed by atoms with Crippen molar-refractivity contribution in [2.75, 3.05) is 11.5 Å². The normalized spacial score (nSPS) is 18.2. The summed E-state index contributed by atoms with van der Waals surface area (Å²) in [5.74, 6) is 0.0925. The molecule has 30 heavy (non-hydrogen) atoms. The van der Waals surface area contributed by atoms with Gasteiger partial charge in [-0.1, -0.05) is 12.1 Å². The highest BCUT2D eigenvalue weighted by atomic mass is 32.2. The average molecular weight is 434 g/mol. The highest BCUT2D eigenvalue weighted by Crippen LogP contribution is 2.37. The van der Waals surface area contributed by atoms with Crippen molar-refractivity contribution in [3.8, 4) is 29.0 Å². The van der Waals surface area contributed by atoms with Crippen LogP contribution < -0.4 is 10.5 Å². The number of nitrogens with zero attached hydrogens (tertiary/aromatic N) is 3. The highest BCUT2D eigenvalue weighted by Gasteiger charge is 2.29. The molecule has 156 valence electrons. The topological polar surface area (TPSA) is 116 Å². The van der Waals surface area contributed by atoms with Crippen molar-refractivity contribution in [2.24, 2.45) is 0 Å². The van der Waals surface area contributed by atoms with E-state index < -0.39 is 12.6 Å². The molecule has 2 aromatic rings. The number of nitriles is 2. The Morgan fingerprint density at radius 3 is 2.33 bits per heavy atom. The van der Waals surface area contributed by atoms with E-state index in [4.69, 9.17) is 10.5 Å². The van der Waals surface area contributed by atoms with Gasteiger partial charge in [0.15, 0.2) is 0 Å². The number of halogens is 3. The Balaban J connectivity index is 1.92. The van der Waals surface area contributed by atoms with Gasteiger partial charge >= 0.3 is 6.18 Å². The zero-order valence-corrected chi connectivity index (χ0v) is 16.4. The number of benzene rings is 1. The number of hydrogen-bond acceptors (Lipinski definition) is 7. The number of nitrogen functional groups attached to an aromatic ring is 1. The fraction of sp³-hybridized carbons (Fsp3) is 0.350. The molecule has 0 saturated heterocycles. The number of hydrogen-bond donors (Lipinski definition) is 2. The van der Waals surface area contributed by atoms with E-state index in [0.29, 0.717) is 24.2 Å². The molecule has 6 nitrogen and oxygen atoms in total. The second kappa shape index (κ2) is 8.82. The van der Waals surface area contributed by atoms with E-state index in [1.165, 1.54) is 0 Å². The molecule has 0 aliphatic heterocycles. The van der Waals surface area contributed by atoms with Gasteiger partial charge in [-0.3, -0.25) is 0 Å². The second-order valence-electron chi connectivity index (χ2n) is 6.75. The Hall–Kier alpha value is -2.95. The van der Waals surface area contributed by atoms with Crippen LogP contribution in [0.15, 0.2) is 29.3 Å².